The molecular weight excluding hydrogens is 404 g/mol. The van der Waals surface area contributed by atoms with Crippen LogP contribution in [0.4, 0.5) is 5.69 Å². The number of thiophene rings is 1. The molecular formula is C25H26N4OS. The molecule has 158 valence electrons. The normalized spacial score (nSPS) is 11.1. The molecule has 0 unspecified atom stereocenters. The number of aromatic nitrogens is 2. The summed E-state index contributed by atoms with van der Waals surface area (Å²) in [6.45, 7) is 1.61. The minimum absolute atomic E-state index is 0.149. The van der Waals surface area contributed by atoms with E-state index in [4.69, 9.17) is 5.10 Å². The van der Waals surface area contributed by atoms with E-state index in [9.17, 15) is 4.79 Å². The molecule has 1 amide bonds. The largest absolute Gasteiger partial charge is 0.322 e. The second-order valence-electron chi connectivity index (χ2n) is 7.76. The highest BCUT2D eigenvalue weighted by molar-refractivity contribution is 7.13. The SMILES string of the molecule is CN(C)CCc1ccc(NC(=O)c2cn(Cc3ccccc3)nc2-c2cccs2)cc1. The first kappa shape index (κ1) is 21.0. The molecule has 6 heteroatoms. The first-order valence-electron chi connectivity index (χ1n) is 10.3. The first-order valence-corrected chi connectivity index (χ1v) is 11.2. The van der Waals surface area contributed by atoms with Crippen LogP contribution in [0.15, 0.2) is 78.3 Å². The minimum atomic E-state index is -0.149. The highest BCUT2D eigenvalue weighted by atomic mass is 32.1. The van der Waals surface area contributed by atoms with Crippen molar-refractivity contribution in [3.05, 3.63) is 95.0 Å². The van der Waals surface area contributed by atoms with Crippen LogP contribution < -0.4 is 5.32 Å². The van der Waals surface area contributed by atoms with Gasteiger partial charge in [0, 0.05) is 18.4 Å². The molecule has 0 saturated heterocycles. The van der Waals surface area contributed by atoms with Crippen molar-refractivity contribution >= 4 is 22.9 Å². The number of nitrogens with one attached hydrogen (secondary N) is 1. The van der Waals surface area contributed by atoms with E-state index in [1.54, 1.807) is 11.3 Å². The van der Waals surface area contributed by atoms with Gasteiger partial charge >= 0.3 is 0 Å². The molecule has 0 aliphatic rings. The van der Waals surface area contributed by atoms with E-state index in [1.165, 1.54) is 5.56 Å². The molecule has 0 aliphatic heterocycles. The molecule has 4 aromatic rings. The molecule has 0 spiro atoms. The molecule has 2 aromatic carbocycles. The molecule has 0 saturated carbocycles. The number of anilines is 1. The second-order valence-corrected chi connectivity index (χ2v) is 8.70. The Labute approximate surface area is 187 Å². The Morgan fingerprint density at radius 2 is 1.77 bits per heavy atom. The molecule has 5 nitrogen and oxygen atoms in total. The lowest BCUT2D eigenvalue weighted by Crippen LogP contribution is -2.15. The van der Waals surface area contributed by atoms with Gasteiger partial charge < -0.3 is 10.2 Å². The van der Waals surface area contributed by atoms with Crippen LogP contribution in [0.5, 0.6) is 0 Å². The number of rotatable bonds is 8. The Bertz CT molecular complexity index is 1120. The topological polar surface area (TPSA) is 50.2 Å². The molecule has 2 heterocycles. The molecule has 0 atom stereocenters. The van der Waals surface area contributed by atoms with Gasteiger partial charge in [0.05, 0.1) is 17.0 Å². The Hall–Kier alpha value is -3.22. The maximum atomic E-state index is 13.1. The molecule has 4 rings (SSSR count). The number of carbonyl (C=O) groups excluding carboxylic acids is 1. The minimum Gasteiger partial charge on any atom is -0.322 e. The fourth-order valence-corrected chi connectivity index (χ4v) is 4.06. The van der Waals surface area contributed by atoms with E-state index in [0.717, 1.165) is 29.1 Å². The van der Waals surface area contributed by atoms with E-state index in [2.05, 4.69) is 48.6 Å². The third kappa shape index (κ3) is 5.48. The van der Waals surface area contributed by atoms with Crippen LogP contribution >= 0.6 is 11.3 Å². The van der Waals surface area contributed by atoms with Gasteiger partial charge in [-0.05, 0) is 55.2 Å². The van der Waals surface area contributed by atoms with Crippen molar-refractivity contribution < 1.29 is 4.79 Å². The summed E-state index contributed by atoms with van der Waals surface area (Å²) in [6, 6.07) is 22.2. The number of carbonyl (C=O) groups is 1. The van der Waals surface area contributed by atoms with Crippen molar-refractivity contribution in [3.8, 4) is 10.6 Å². The van der Waals surface area contributed by atoms with Gasteiger partial charge in [0.25, 0.3) is 5.91 Å². The summed E-state index contributed by atoms with van der Waals surface area (Å²) in [7, 11) is 4.13. The predicted molar refractivity (Wildman–Crippen MR) is 128 cm³/mol. The Morgan fingerprint density at radius 3 is 2.45 bits per heavy atom. The van der Waals surface area contributed by atoms with Gasteiger partial charge in [-0.3, -0.25) is 9.48 Å². The lowest BCUT2D eigenvalue weighted by atomic mass is 10.1. The molecule has 2 aromatic heterocycles. The van der Waals surface area contributed by atoms with Gasteiger partial charge in [0.1, 0.15) is 5.69 Å². The van der Waals surface area contributed by atoms with Crippen LogP contribution in [0.2, 0.25) is 0 Å². The molecule has 31 heavy (non-hydrogen) atoms. The predicted octanol–water partition coefficient (Wildman–Crippen LogP) is 5.02. The molecule has 0 aliphatic carbocycles. The highest BCUT2D eigenvalue weighted by Gasteiger charge is 2.19. The quantitative estimate of drug-likeness (QED) is 0.427. The van der Waals surface area contributed by atoms with E-state index < -0.39 is 0 Å². The van der Waals surface area contributed by atoms with Gasteiger partial charge in [-0.25, -0.2) is 0 Å². The summed E-state index contributed by atoms with van der Waals surface area (Å²) < 4.78 is 1.84. The zero-order valence-electron chi connectivity index (χ0n) is 17.8. The van der Waals surface area contributed by atoms with Gasteiger partial charge in [-0.1, -0.05) is 48.5 Å². The maximum Gasteiger partial charge on any atom is 0.259 e. The lowest BCUT2D eigenvalue weighted by molar-refractivity contribution is 0.102. The van der Waals surface area contributed by atoms with Crippen LogP contribution in [0.3, 0.4) is 0 Å². The standard InChI is InChI=1S/C25H26N4OS/c1-28(2)15-14-19-10-12-21(13-11-19)26-25(30)22-18-29(17-20-7-4-3-5-8-20)27-24(22)23-9-6-16-31-23/h3-13,16,18H,14-15,17H2,1-2H3,(H,26,30). The van der Waals surface area contributed by atoms with Crippen molar-refractivity contribution in [2.75, 3.05) is 26.0 Å². The second kappa shape index (κ2) is 9.73. The van der Waals surface area contributed by atoms with E-state index in [1.807, 2.05) is 58.7 Å². The smallest absolute Gasteiger partial charge is 0.259 e. The Morgan fingerprint density at radius 1 is 1.00 bits per heavy atom. The number of benzene rings is 2. The fraction of sp³-hybridized carbons (Fsp3) is 0.200. The summed E-state index contributed by atoms with van der Waals surface area (Å²) >= 11 is 1.58. The Kier molecular flexibility index (Phi) is 6.60. The zero-order chi connectivity index (χ0) is 21.6. The van der Waals surface area contributed by atoms with Gasteiger partial charge in [0.2, 0.25) is 0 Å². The monoisotopic (exact) mass is 430 g/mol. The summed E-state index contributed by atoms with van der Waals surface area (Å²) in [6.07, 6.45) is 2.82. The van der Waals surface area contributed by atoms with Crippen LogP contribution in [-0.2, 0) is 13.0 Å². The van der Waals surface area contributed by atoms with Crippen molar-refractivity contribution in [3.63, 3.8) is 0 Å². The lowest BCUT2D eigenvalue weighted by Gasteiger charge is -2.10. The fourth-order valence-electron chi connectivity index (χ4n) is 3.34. The van der Waals surface area contributed by atoms with Crippen molar-refractivity contribution in [2.45, 2.75) is 13.0 Å². The van der Waals surface area contributed by atoms with E-state index >= 15 is 0 Å². The molecule has 0 fully saturated rings. The summed E-state index contributed by atoms with van der Waals surface area (Å²) in [5, 5.41) is 9.76. The number of nitrogens with zero attached hydrogens (tertiary/aromatic N) is 3. The number of hydrogen-bond acceptors (Lipinski definition) is 4. The maximum absolute atomic E-state index is 13.1. The third-order valence-corrected chi connectivity index (χ3v) is 5.88. The van der Waals surface area contributed by atoms with Crippen LogP contribution in [0.1, 0.15) is 21.5 Å². The van der Waals surface area contributed by atoms with Crippen molar-refractivity contribution in [1.82, 2.24) is 14.7 Å². The van der Waals surface area contributed by atoms with E-state index in [0.29, 0.717) is 17.8 Å². The van der Waals surface area contributed by atoms with Crippen LogP contribution in [-0.4, -0.2) is 41.2 Å². The van der Waals surface area contributed by atoms with Gasteiger partial charge in [-0.15, -0.1) is 11.3 Å². The average molecular weight is 431 g/mol. The molecule has 0 bridgehead atoms. The van der Waals surface area contributed by atoms with Crippen molar-refractivity contribution in [1.29, 1.82) is 0 Å². The molecule has 0 radical (unpaired) electrons. The molecule has 1 N–H and O–H groups in total. The van der Waals surface area contributed by atoms with E-state index in [-0.39, 0.29) is 5.91 Å². The van der Waals surface area contributed by atoms with Gasteiger partial charge in [0.15, 0.2) is 0 Å². The summed E-state index contributed by atoms with van der Waals surface area (Å²) in [4.78, 5) is 16.3. The number of likely N-dealkylation sites (N-methyl/N-ethyl adjacent to an activating group) is 1. The van der Waals surface area contributed by atoms with Crippen molar-refractivity contribution in [2.24, 2.45) is 0 Å². The highest BCUT2D eigenvalue weighted by Crippen LogP contribution is 2.27. The summed E-state index contributed by atoms with van der Waals surface area (Å²) in [5.41, 5.74) is 4.47. The van der Waals surface area contributed by atoms with Crippen LogP contribution in [0.25, 0.3) is 10.6 Å². The Balaban J connectivity index is 1.54. The third-order valence-electron chi connectivity index (χ3n) is 5.01. The number of hydrogen-bond donors (Lipinski definition) is 1. The summed E-state index contributed by atoms with van der Waals surface area (Å²) in [5.74, 6) is -0.149. The number of amides is 1. The zero-order valence-corrected chi connectivity index (χ0v) is 18.6. The average Bonchev–Trinajstić information content (AvgIpc) is 3.44. The van der Waals surface area contributed by atoms with Gasteiger partial charge in [-0.2, -0.15) is 5.10 Å². The first-order chi connectivity index (χ1) is 15.1. The van der Waals surface area contributed by atoms with Crippen LogP contribution in [0, 0.1) is 0 Å².